The lowest BCUT2D eigenvalue weighted by Crippen LogP contribution is -2.53. The van der Waals surface area contributed by atoms with Gasteiger partial charge in [-0.25, -0.2) is 5.84 Å². The first-order valence-corrected chi connectivity index (χ1v) is 11.6. The molecule has 4 rings (SSSR count). The third kappa shape index (κ3) is 5.07. The highest BCUT2D eigenvalue weighted by Gasteiger charge is 2.34. The first-order chi connectivity index (χ1) is 16.1. The Morgan fingerprint density at radius 3 is 2.48 bits per heavy atom. The molecule has 0 bridgehead atoms. The van der Waals surface area contributed by atoms with Crippen molar-refractivity contribution in [2.24, 2.45) is 16.8 Å². The monoisotopic (exact) mass is 450 g/mol. The Kier molecular flexibility index (Phi) is 7.36. The van der Waals surface area contributed by atoms with E-state index >= 15 is 0 Å². The summed E-state index contributed by atoms with van der Waals surface area (Å²) >= 11 is 0. The van der Waals surface area contributed by atoms with E-state index in [4.69, 9.17) is 20.8 Å². The van der Waals surface area contributed by atoms with Crippen molar-refractivity contribution in [3.8, 4) is 5.75 Å². The number of amidine groups is 1. The fourth-order valence-corrected chi connectivity index (χ4v) is 4.38. The maximum Gasteiger partial charge on any atom is 0.163 e. The second-order valence-corrected chi connectivity index (χ2v) is 8.34. The molecule has 1 aliphatic heterocycles. The van der Waals surface area contributed by atoms with Crippen molar-refractivity contribution < 1.29 is 9.15 Å². The molecule has 2 aromatic carbocycles. The molecule has 176 valence electrons. The van der Waals surface area contributed by atoms with Crippen LogP contribution in [-0.2, 0) is 0 Å². The number of ether oxygens (including phenoxy) is 1. The van der Waals surface area contributed by atoms with Gasteiger partial charge >= 0.3 is 0 Å². The van der Waals surface area contributed by atoms with Crippen molar-refractivity contribution in [2.75, 3.05) is 44.7 Å². The molecule has 1 saturated heterocycles. The molecule has 1 fully saturated rings. The number of para-hydroxylation sites is 1. The molecule has 0 aliphatic carbocycles. The quantitative estimate of drug-likeness (QED) is 0.234. The molecule has 8 nitrogen and oxygen atoms in total. The fraction of sp³-hybridized carbons (Fsp3) is 0.400. The lowest BCUT2D eigenvalue weighted by Gasteiger charge is -2.40. The van der Waals surface area contributed by atoms with Crippen LogP contribution in [0.15, 0.2) is 64.1 Å². The van der Waals surface area contributed by atoms with Gasteiger partial charge in [-0.3, -0.25) is 9.91 Å². The van der Waals surface area contributed by atoms with Gasteiger partial charge in [0.1, 0.15) is 23.1 Å². The third-order valence-corrected chi connectivity index (χ3v) is 6.25. The summed E-state index contributed by atoms with van der Waals surface area (Å²) < 4.78 is 11.6. The lowest BCUT2D eigenvalue weighted by molar-refractivity contribution is 0.197. The number of hydrogen-bond donors (Lipinski definition) is 2. The van der Waals surface area contributed by atoms with Crippen LogP contribution in [0.5, 0.6) is 5.75 Å². The van der Waals surface area contributed by atoms with Crippen molar-refractivity contribution in [1.82, 2.24) is 9.91 Å². The van der Waals surface area contributed by atoms with Crippen molar-refractivity contribution >= 4 is 22.5 Å². The number of benzene rings is 2. The van der Waals surface area contributed by atoms with Crippen LogP contribution in [0, 0.1) is 0 Å². The molecule has 1 aliphatic rings. The summed E-state index contributed by atoms with van der Waals surface area (Å²) in [6, 6.07) is 18.1. The van der Waals surface area contributed by atoms with Crippen LogP contribution in [0.1, 0.15) is 31.6 Å². The van der Waals surface area contributed by atoms with Crippen LogP contribution in [-0.4, -0.2) is 55.6 Å². The highest BCUT2D eigenvalue weighted by atomic mass is 16.5. The summed E-state index contributed by atoms with van der Waals surface area (Å²) in [5, 5.41) is 6.88. The highest BCUT2D eigenvalue weighted by molar-refractivity contribution is 5.89. The van der Waals surface area contributed by atoms with Gasteiger partial charge in [0.05, 0.1) is 7.11 Å². The largest absolute Gasteiger partial charge is 0.497 e. The van der Waals surface area contributed by atoms with E-state index in [1.807, 2.05) is 30.3 Å². The average Bonchev–Trinajstić information content (AvgIpc) is 3.29. The smallest absolute Gasteiger partial charge is 0.163 e. The summed E-state index contributed by atoms with van der Waals surface area (Å²) in [7, 11) is 1.68. The van der Waals surface area contributed by atoms with Crippen LogP contribution < -0.4 is 21.3 Å². The predicted molar refractivity (Wildman–Crippen MR) is 133 cm³/mol. The summed E-state index contributed by atoms with van der Waals surface area (Å²) in [6.07, 6.45) is 2.01. The van der Waals surface area contributed by atoms with Crippen molar-refractivity contribution in [3.05, 3.63) is 60.4 Å². The van der Waals surface area contributed by atoms with E-state index in [-0.39, 0.29) is 6.04 Å². The van der Waals surface area contributed by atoms with Gasteiger partial charge in [-0.05, 0) is 42.8 Å². The topological polar surface area (TPSA) is 96.5 Å². The zero-order valence-corrected chi connectivity index (χ0v) is 19.5. The summed E-state index contributed by atoms with van der Waals surface area (Å²) in [4.78, 5) is 4.73. The number of hydrazine groups is 1. The number of nitrogens with zero attached hydrogens (tertiary/aromatic N) is 4. The highest BCUT2D eigenvalue weighted by Crippen LogP contribution is 2.31. The molecule has 2 heterocycles. The second kappa shape index (κ2) is 10.6. The van der Waals surface area contributed by atoms with E-state index in [1.165, 1.54) is 5.69 Å². The SMILES string of the molecule is CCCCN(N)/C(=N\N)C(c1cc2ccccc2o1)N1CCN(c2ccc(OC)cc2)CC1. The minimum atomic E-state index is -0.248. The Morgan fingerprint density at radius 2 is 1.85 bits per heavy atom. The van der Waals surface area contributed by atoms with E-state index in [2.05, 4.69) is 46.1 Å². The van der Waals surface area contributed by atoms with Gasteiger partial charge < -0.3 is 19.9 Å². The lowest BCUT2D eigenvalue weighted by atomic mass is 10.1. The standard InChI is InChI=1S/C25H34N6O2/c1-3-4-13-31(27)25(28-26)24(23-18-19-7-5-6-8-22(19)33-23)30-16-14-29(15-17-30)20-9-11-21(32-2)12-10-20/h5-12,18,24H,3-4,13-17,26-27H2,1-2H3/b28-25-. The summed E-state index contributed by atoms with van der Waals surface area (Å²) in [5.41, 5.74) is 2.04. The molecule has 0 radical (unpaired) electrons. The van der Waals surface area contributed by atoms with Crippen LogP contribution in [0.2, 0.25) is 0 Å². The van der Waals surface area contributed by atoms with E-state index in [9.17, 15) is 0 Å². The molecule has 0 amide bonds. The number of fused-ring (bicyclic) bond motifs is 1. The van der Waals surface area contributed by atoms with Gasteiger partial charge in [-0.15, -0.1) is 0 Å². The number of hydrazone groups is 1. The van der Waals surface area contributed by atoms with Gasteiger partial charge in [-0.1, -0.05) is 31.5 Å². The van der Waals surface area contributed by atoms with Crippen molar-refractivity contribution in [2.45, 2.75) is 25.8 Å². The third-order valence-electron chi connectivity index (χ3n) is 6.25. The number of piperazine rings is 1. The van der Waals surface area contributed by atoms with Gasteiger partial charge in [0.15, 0.2) is 5.84 Å². The molecule has 0 spiro atoms. The number of hydrogen-bond acceptors (Lipinski definition) is 7. The number of furan rings is 1. The van der Waals surface area contributed by atoms with E-state index in [0.29, 0.717) is 12.4 Å². The second-order valence-electron chi connectivity index (χ2n) is 8.34. The molecule has 1 unspecified atom stereocenters. The maximum absolute atomic E-state index is 6.43. The van der Waals surface area contributed by atoms with E-state index < -0.39 is 0 Å². The number of rotatable bonds is 8. The van der Waals surface area contributed by atoms with E-state index in [0.717, 1.165) is 61.5 Å². The maximum atomic E-state index is 6.43. The zero-order chi connectivity index (χ0) is 23.2. The Morgan fingerprint density at radius 1 is 1.12 bits per heavy atom. The molecule has 1 atom stereocenters. The van der Waals surface area contributed by atoms with E-state index in [1.54, 1.807) is 12.1 Å². The minimum Gasteiger partial charge on any atom is -0.497 e. The molecule has 0 saturated carbocycles. The van der Waals surface area contributed by atoms with Gasteiger partial charge in [0.2, 0.25) is 0 Å². The number of anilines is 1. The molecule has 33 heavy (non-hydrogen) atoms. The van der Waals surface area contributed by atoms with Crippen molar-refractivity contribution in [1.29, 1.82) is 0 Å². The van der Waals surface area contributed by atoms with Crippen LogP contribution >= 0.6 is 0 Å². The Labute approximate surface area is 195 Å². The van der Waals surface area contributed by atoms with Gasteiger partial charge in [0.25, 0.3) is 0 Å². The number of nitrogens with two attached hydrogens (primary N) is 2. The average molecular weight is 451 g/mol. The number of methoxy groups -OCH3 is 1. The van der Waals surface area contributed by atoms with Crippen molar-refractivity contribution in [3.63, 3.8) is 0 Å². The van der Waals surface area contributed by atoms with Gasteiger partial charge in [0, 0.05) is 43.8 Å². The number of unbranched alkanes of at least 4 members (excludes halogenated alkanes) is 1. The summed E-state index contributed by atoms with van der Waals surface area (Å²) in [5.74, 6) is 14.6. The molecule has 1 aromatic heterocycles. The van der Waals surface area contributed by atoms with Crippen LogP contribution in [0.3, 0.4) is 0 Å². The fourth-order valence-electron chi connectivity index (χ4n) is 4.38. The molecule has 3 aromatic rings. The Bertz CT molecular complexity index is 1020. The first-order valence-electron chi connectivity index (χ1n) is 11.6. The van der Waals surface area contributed by atoms with Gasteiger partial charge in [-0.2, -0.15) is 5.10 Å². The van der Waals surface area contributed by atoms with Crippen LogP contribution in [0.25, 0.3) is 11.0 Å². The molecular weight excluding hydrogens is 416 g/mol. The van der Waals surface area contributed by atoms with Crippen LogP contribution in [0.4, 0.5) is 5.69 Å². The molecule has 8 heteroatoms. The summed E-state index contributed by atoms with van der Waals surface area (Å²) in [6.45, 7) is 6.24. The first kappa shape index (κ1) is 22.9. The molecule has 4 N–H and O–H groups in total. The Balaban J connectivity index is 1.58. The normalized spacial score (nSPS) is 16.2. The Hall–Kier alpha value is -3.23. The molecular formula is C25H34N6O2. The predicted octanol–water partition coefficient (Wildman–Crippen LogP) is 3.55. The minimum absolute atomic E-state index is 0.248. The zero-order valence-electron chi connectivity index (χ0n) is 19.5.